The van der Waals surface area contributed by atoms with E-state index in [4.69, 9.17) is 5.73 Å². The summed E-state index contributed by atoms with van der Waals surface area (Å²) in [5.74, 6) is -0.648. The highest BCUT2D eigenvalue weighted by Crippen LogP contribution is 2.40. The number of hydrogen-bond donors (Lipinski definition) is 2. The number of carbonyl (C=O) groups excluding carboxylic acids is 1. The summed E-state index contributed by atoms with van der Waals surface area (Å²) in [6, 6.07) is 2.70. The summed E-state index contributed by atoms with van der Waals surface area (Å²) in [5, 5.41) is 2.71. The van der Waals surface area contributed by atoms with Crippen LogP contribution in [0.4, 0.5) is 10.1 Å². The molecule has 1 amide bonds. The molecule has 1 fully saturated rings. The molecule has 86 valence electrons. The van der Waals surface area contributed by atoms with Crippen molar-refractivity contribution in [3.8, 4) is 0 Å². The molecular formula is C11H14FN3O. The summed E-state index contributed by atoms with van der Waals surface area (Å²) in [7, 11) is 0. The summed E-state index contributed by atoms with van der Waals surface area (Å²) in [5.41, 5.74) is 5.69. The average molecular weight is 223 g/mol. The van der Waals surface area contributed by atoms with E-state index >= 15 is 0 Å². The van der Waals surface area contributed by atoms with Gasteiger partial charge in [0, 0.05) is 6.54 Å². The van der Waals surface area contributed by atoms with Crippen molar-refractivity contribution in [3.05, 3.63) is 24.3 Å². The first-order valence-electron chi connectivity index (χ1n) is 5.29. The Labute approximate surface area is 93.1 Å². The maximum Gasteiger partial charge on any atom is 0.231 e. The van der Waals surface area contributed by atoms with Crippen LogP contribution in [0.1, 0.15) is 19.3 Å². The van der Waals surface area contributed by atoms with Crippen LogP contribution < -0.4 is 11.1 Å². The summed E-state index contributed by atoms with van der Waals surface area (Å²) in [4.78, 5) is 15.4. The Morgan fingerprint density at radius 2 is 2.31 bits per heavy atom. The number of anilines is 1. The van der Waals surface area contributed by atoms with Crippen molar-refractivity contribution in [2.24, 2.45) is 11.1 Å². The van der Waals surface area contributed by atoms with Crippen molar-refractivity contribution in [2.45, 2.75) is 19.3 Å². The van der Waals surface area contributed by atoms with Crippen molar-refractivity contribution >= 4 is 11.6 Å². The Morgan fingerprint density at radius 1 is 1.56 bits per heavy atom. The number of amides is 1. The van der Waals surface area contributed by atoms with Crippen LogP contribution in [0, 0.1) is 11.4 Å². The quantitative estimate of drug-likeness (QED) is 0.759. The molecule has 3 N–H and O–H groups in total. The lowest BCUT2D eigenvalue weighted by Crippen LogP contribution is -2.47. The van der Waals surface area contributed by atoms with Gasteiger partial charge in [-0.05, 0) is 25.0 Å². The Hall–Kier alpha value is -1.49. The van der Waals surface area contributed by atoms with Crippen LogP contribution in [0.15, 0.2) is 18.3 Å². The standard InChI is InChI=1S/C11H14FN3O/c12-9-3-2-8(6-14-9)15-10(16)11(7-13)4-1-5-11/h2-3,6H,1,4-5,7,13H2,(H,15,16). The van der Waals surface area contributed by atoms with Gasteiger partial charge in [-0.3, -0.25) is 4.79 Å². The number of nitrogens with two attached hydrogens (primary N) is 1. The molecule has 0 aliphatic heterocycles. The largest absolute Gasteiger partial charge is 0.329 e. The van der Waals surface area contributed by atoms with E-state index in [0.29, 0.717) is 12.2 Å². The van der Waals surface area contributed by atoms with Crippen LogP contribution in [0.5, 0.6) is 0 Å². The second-order valence-electron chi connectivity index (χ2n) is 4.16. The summed E-state index contributed by atoms with van der Waals surface area (Å²) in [6.07, 6.45) is 3.98. The number of rotatable bonds is 3. The van der Waals surface area contributed by atoms with Gasteiger partial charge in [0.15, 0.2) is 0 Å². The topological polar surface area (TPSA) is 68.0 Å². The number of halogens is 1. The maximum atomic E-state index is 12.6. The first-order valence-corrected chi connectivity index (χ1v) is 5.29. The van der Waals surface area contributed by atoms with E-state index in [2.05, 4.69) is 10.3 Å². The van der Waals surface area contributed by atoms with Gasteiger partial charge in [0.2, 0.25) is 11.9 Å². The normalized spacial score (nSPS) is 17.6. The molecule has 0 unspecified atom stereocenters. The van der Waals surface area contributed by atoms with Gasteiger partial charge in [-0.25, -0.2) is 4.98 Å². The Balaban J connectivity index is 2.04. The summed E-state index contributed by atoms with van der Waals surface area (Å²) >= 11 is 0. The third kappa shape index (κ3) is 1.90. The second-order valence-corrected chi connectivity index (χ2v) is 4.16. The van der Waals surface area contributed by atoms with Gasteiger partial charge in [0.1, 0.15) is 0 Å². The third-order valence-corrected chi connectivity index (χ3v) is 3.17. The van der Waals surface area contributed by atoms with Gasteiger partial charge >= 0.3 is 0 Å². The highest BCUT2D eigenvalue weighted by molar-refractivity contribution is 5.95. The predicted molar refractivity (Wildman–Crippen MR) is 58.2 cm³/mol. The molecule has 5 heteroatoms. The summed E-state index contributed by atoms with van der Waals surface area (Å²) < 4.78 is 12.6. The van der Waals surface area contributed by atoms with Crippen LogP contribution in [-0.4, -0.2) is 17.4 Å². The fraction of sp³-hybridized carbons (Fsp3) is 0.455. The molecule has 2 rings (SSSR count). The molecule has 1 aliphatic rings. The minimum atomic E-state index is -0.560. The maximum absolute atomic E-state index is 12.6. The molecule has 1 aliphatic carbocycles. The number of hydrogen-bond acceptors (Lipinski definition) is 3. The van der Waals surface area contributed by atoms with E-state index in [1.54, 1.807) is 0 Å². The number of carbonyl (C=O) groups is 1. The number of aromatic nitrogens is 1. The molecule has 0 radical (unpaired) electrons. The van der Waals surface area contributed by atoms with Crippen LogP contribution in [0.25, 0.3) is 0 Å². The lowest BCUT2D eigenvalue weighted by molar-refractivity contribution is -0.129. The second kappa shape index (κ2) is 4.17. The van der Waals surface area contributed by atoms with Crippen LogP contribution in [0.2, 0.25) is 0 Å². The SMILES string of the molecule is NCC1(C(=O)Nc2ccc(F)nc2)CCC1. The Bertz CT molecular complexity index is 381. The monoisotopic (exact) mass is 223 g/mol. The van der Waals surface area contributed by atoms with E-state index in [1.165, 1.54) is 18.3 Å². The minimum Gasteiger partial charge on any atom is -0.329 e. The van der Waals surface area contributed by atoms with E-state index in [9.17, 15) is 9.18 Å². The van der Waals surface area contributed by atoms with E-state index in [1.807, 2.05) is 0 Å². The number of nitrogens with one attached hydrogen (secondary N) is 1. The fourth-order valence-electron chi connectivity index (χ4n) is 1.84. The van der Waals surface area contributed by atoms with Gasteiger partial charge in [-0.2, -0.15) is 4.39 Å². The molecule has 0 atom stereocenters. The highest BCUT2D eigenvalue weighted by atomic mass is 19.1. The predicted octanol–water partition coefficient (Wildman–Crippen LogP) is 1.29. The molecule has 0 saturated heterocycles. The Kier molecular flexibility index (Phi) is 2.87. The molecule has 0 aromatic carbocycles. The lowest BCUT2D eigenvalue weighted by atomic mass is 9.68. The molecule has 1 aromatic rings. The first-order chi connectivity index (χ1) is 7.66. The van der Waals surface area contributed by atoms with E-state index < -0.39 is 11.4 Å². The molecule has 0 bridgehead atoms. The zero-order valence-corrected chi connectivity index (χ0v) is 8.87. The molecule has 1 heterocycles. The van der Waals surface area contributed by atoms with Gasteiger partial charge in [-0.1, -0.05) is 6.42 Å². The van der Waals surface area contributed by atoms with Crippen LogP contribution in [0.3, 0.4) is 0 Å². The average Bonchev–Trinajstić information content (AvgIpc) is 2.21. The van der Waals surface area contributed by atoms with Crippen LogP contribution >= 0.6 is 0 Å². The molecule has 0 spiro atoms. The molecule has 1 saturated carbocycles. The van der Waals surface area contributed by atoms with Crippen molar-refractivity contribution in [3.63, 3.8) is 0 Å². The van der Waals surface area contributed by atoms with E-state index in [0.717, 1.165) is 19.3 Å². The Morgan fingerprint density at radius 3 is 2.75 bits per heavy atom. The number of nitrogens with zero attached hydrogens (tertiary/aromatic N) is 1. The highest BCUT2D eigenvalue weighted by Gasteiger charge is 2.42. The van der Waals surface area contributed by atoms with Crippen molar-refractivity contribution in [1.29, 1.82) is 0 Å². The van der Waals surface area contributed by atoms with E-state index in [-0.39, 0.29) is 5.91 Å². The fourth-order valence-corrected chi connectivity index (χ4v) is 1.84. The van der Waals surface area contributed by atoms with Gasteiger partial charge < -0.3 is 11.1 Å². The molecule has 4 nitrogen and oxygen atoms in total. The molecule has 16 heavy (non-hydrogen) atoms. The van der Waals surface area contributed by atoms with Crippen molar-refractivity contribution in [1.82, 2.24) is 4.98 Å². The zero-order chi connectivity index (χ0) is 11.6. The first kappa shape index (κ1) is 11.0. The smallest absolute Gasteiger partial charge is 0.231 e. The number of pyridine rings is 1. The van der Waals surface area contributed by atoms with Crippen molar-refractivity contribution in [2.75, 3.05) is 11.9 Å². The minimum absolute atomic E-state index is 0.0883. The van der Waals surface area contributed by atoms with Crippen LogP contribution in [-0.2, 0) is 4.79 Å². The summed E-state index contributed by atoms with van der Waals surface area (Å²) in [6.45, 7) is 0.355. The molecule has 1 aromatic heterocycles. The van der Waals surface area contributed by atoms with Gasteiger partial charge in [-0.15, -0.1) is 0 Å². The lowest BCUT2D eigenvalue weighted by Gasteiger charge is -2.38. The molecular weight excluding hydrogens is 209 g/mol. The van der Waals surface area contributed by atoms with Gasteiger partial charge in [0.25, 0.3) is 0 Å². The van der Waals surface area contributed by atoms with Crippen molar-refractivity contribution < 1.29 is 9.18 Å². The third-order valence-electron chi connectivity index (χ3n) is 3.17. The zero-order valence-electron chi connectivity index (χ0n) is 8.87. The van der Waals surface area contributed by atoms with Gasteiger partial charge in [0.05, 0.1) is 17.3 Å².